The normalized spacial score (nSPS) is 11.2. The molecule has 0 heterocycles. The first-order valence-corrected chi connectivity index (χ1v) is 24.1. The summed E-state index contributed by atoms with van der Waals surface area (Å²) in [5.74, 6) is 1.86. The van der Waals surface area contributed by atoms with Crippen LogP contribution in [0.1, 0.15) is 72.2 Å². The number of aryl methyl sites for hydroxylation is 2. The molecule has 9 heteroatoms. The van der Waals surface area contributed by atoms with E-state index in [1.54, 1.807) is 24.6 Å². The zero-order valence-electron chi connectivity index (χ0n) is 35.7. The Kier molecular flexibility index (Phi) is 18.7. The molecule has 0 saturated heterocycles. The van der Waals surface area contributed by atoms with Crippen molar-refractivity contribution in [3.05, 3.63) is 203 Å². The first-order chi connectivity index (χ1) is 29.3. The molecule has 0 aliphatic rings. The third-order valence-corrected chi connectivity index (χ3v) is 10.0. The van der Waals surface area contributed by atoms with Gasteiger partial charge in [-0.1, -0.05) is 150 Å². The van der Waals surface area contributed by atoms with Crippen molar-refractivity contribution in [3.63, 3.8) is 0 Å². The molecular formula is C52H54Cl2N2O4Ti. The van der Waals surface area contributed by atoms with E-state index in [-0.39, 0.29) is 22.3 Å². The molecule has 0 saturated carbocycles. The van der Waals surface area contributed by atoms with Crippen molar-refractivity contribution < 1.29 is 36.7 Å². The fourth-order valence-corrected chi connectivity index (χ4v) is 6.73. The van der Waals surface area contributed by atoms with E-state index in [1.165, 1.54) is 0 Å². The first-order valence-electron chi connectivity index (χ1n) is 19.8. The molecule has 0 aliphatic carbocycles. The van der Waals surface area contributed by atoms with Crippen LogP contribution in [0.4, 0.5) is 11.4 Å². The zero-order chi connectivity index (χ0) is 44.4. The molecule has 6 aromatic carbocycles. The minimum absolute atomic E-state index is 0.248. The average Bonchev–Trinajstić information content (AvgIpc) is 3.26. The summed E-state index contributed by atoms with van der Waals surface area (Å²) >= 11 is -0.556. The number of phenols is 2. The van der Waals surface area contributed by atoms with Crippen molar-refractivity contribution in [1.82, 2.24) is 0 Å². The number of nitrogens with zero attached hydrogens (tertiary/aromatic N) is 2. The van der Waals surface area contributed by atoms with Crippen molar-refractivity contribution in [2.45, 2.75) is 52.4 Å². The van der Waals surface area contributed by atoms with Crippen LogP contribution in [0.5, 0.6) is 23.0 Å². The van der Waals surface area contributed by atoms with Gasteiger partial charge >= 0.3 is 35.6 Å². The Labute approximate surface area is 378 Å². The molecule has 6 rings (SSSR count). The van der Waals surface area contributed by atoms with Crippen molar-refractivity contribution in [2.75, 3.05) is 13.2 Å². The van der Waals surface area contributed by atoms with E-state index in [0.29, 0.717) is 47.2 Å². The predicted molar refractivity (Wildman–Crippen MR) is 253 cm³/mol. The van der Waals surface area contributed by atoms with Crippen LogP contribution in [0.3, 0.4) is 0 Å². The summed E-state index contributed by atoms with van der Waals surface area (Å²) in [6, 6.07) is 43.5. The summed E-state index contributed by atoms with van der Waals surface area (Å²) in [5.41, 5.74) is 8.28. The van der Waals surface area contributed by atoms with Gasteiger partial charge in [-0.25, -0.2) is 0 Å². The summed E-state index contributed by atoms with van der Waals surface area (Å²) in [6.07, 6.45) is 6.79. The summed E-state index contributed by atoms with van der Waals surface area (Å²) in [4.78, 5) is 9.17. The van der Waals surface area contributed by atoms with Gasteiger partial charge in [0.05, 0.1) is 0 Å². The SMILES string of the molecule is C=CCOc1ccccc1N=Cc1cc(C)cc(C(C)(C)c2ccccc2)c1O.C=CCOc1ccccc1N=Cc1cc(C)cc(C(C)(C)c2ccccc2)c1O.[Cl][Ti][Cl]. The van der Waals surface area contributed by atoms with Gasteiger partial charge in [0.15, 0.2) is 0 Å². The summed E-state index contributed by atoms with van der Waals surface area (Å²) in [6.45, 7) is 20.7. The molecule has 0 spiro atoms. The van der Waals surface area contributed by atoms with Gasteiger partial charge in [-0.15, -0.1) is 0 Å². The van der Waals surface area contributed by atoms with E-state index in [0.717, 1.165) is 33.4 Å². The topological polar surface area (TPSA) is 83.6 Å². The first kappa shape index (κ1) is 48.3. The maximum absolute atomic E-state index is 11.1. The molecule has 61 heavy (non-hydrogen) atoms. The van der Waals surface area contributed by atoms with Crippen molar-refractivity contribution in [1.29, 1.82) is 0 Å². The minimum atomic E-state index is -0.556. The van der Waals surface area contributed by atoms with E-state index in [2.05, 4.69) is 75.1 Å². The third-order valence-electron chi connectivity index (χ3n) is 10.0. The van der Waals surface area contributed by atoms with Gasteiger partial charge < -0.3 is 19.7 Å². The van der Waals surface area contributed by atoms with Crippen molar-refractivity contribution in [3.8, 4) is 23.0 Å². The van der Waals surface area contributed by atoms with Crippen LogP contribution in [-0.4, -0.2) is 35.9 Å². The van der Waals surface area contributed by atoms with E-state index in [1.807, 2.05) is 123 Å². The fraction of sp³-hybridized carbons (Fsp3) is 0.192. The molecule has 0 aromatic heterocycles. The van der Waals surface area contributed by atoms with Crippen molar-refractivity contribution in [2.24, 2.45) is 9.98 Å². The van der Waals surface area contributed by atoms with Gasteiger partial charge in [0.25, 0.3) is 0 Å². The second-order valence-corrected chi connectivity index (χ2v) is 17.8. The number of ether oxygens (including phenoxy) is 2. The molecule has 0 unspecified atom stereocenters. The van der Waals surface area contributed by atoms with Gasteiger partial charge in [0.1, 0.15) is 47.6 Å². The Morgan fingerprint density at radius 1 is 0.557 bits per heavy atom. The standard InChI is InChI=1S/2C26H27NO2.2ClH.Ti/c2*1-5-15-29-24-14-10-9-13-23(24)27-18-20-16-19(2)17-22(25(20)28)26(3,4)21-11-7-6-8-12-21;;;/h2*5-14,16-18,28H,1,15H2,2-4H3;2*1H;/q;;;;+2/p-2. The second-order valence-electron chi connectivity index (χ2n) is 15.2. The molecule has 6 aromatic rings. The third kappa shape index (κ3) is 13.3. The van der Waals surface area contributed by atoms with E-state index in [9.17, 15) is 10.2 Å². The summed E-state index contributed by atoms with van der Waals surface area (Å²) in [5, 5.41) is 22.1. The van der Waals surface area contributed by atoms with E-state index in [4.69, 9.17) is 28.1 Å². The van der Waals surface area contributed by atoms with E-state index >= 15 is 0 Å². The van der Waals surface area contributed by atoms with Crippen molar-refractivity contribution >= 4 is 42.4 Å². The van der Waals surface area contributed by atoms with Crippen LogP contribution < -0.4 is 9.47 Å². The number of aromatic hydroxyl groups is 2. The molecule has 0 radical (unpaired) electrons. The molecule has 0 amide bonds. The Balaban J connectivity index is 0.000000252. The number of phenolic OH excluding ortho intramolecular Hbond substituents is 2. The molecule has 0 atom stereocenters. The molecule has 0 aliphatic heterocycles. The Hall–Kier alpha value is -5.37. The predicted octanol–water partition coefficient (Wildman–Crippen LogP) is 14.1. The van der Waals surface area contributed by atoms with Crippen LogP contribution in [0.25, 0.3) is 0 Å². The molecule has 0 bridgehead atoms. The summed E-state index contributed by atoms with van der Waals surface area (Å²) in [7, 11) is 9.78. The molecule has 6 nitrogen and oxygen atoms in total. The van der Waals surface area contributed by atoms with E-state index < -0.39 is 17.0 Å². The number of halogens is 2. The second kappa shape index (κ2) is 23.6. The Bertz CT molecular complexity index is 2250. The summed E-state index contributed by atoms with van der Waals surface area (Å²) < 4.78 is 11.3. The van der Waals surface area contributed by atoms with Crippen LogP contribution >= 0.6 is 18.6 Å². The maximum atomic E-state index is 11.1. The fourth-order valence-electron chi connectivity index (χ4n) is 6.73. The molecule has 0 fully saturated rings. The van der Waals surface area contributed by atoms with Gasteiger partial charge in [0, 0.05) is 45.5 Å². The number of hydrogen-bond donors (Lipinski definition) is 2. The number of benzene rings is 6. The van der Waals surface area contributed by atoms with Gasteiger partial charge in [-0.3, -0.25) is 9.98 Å². The molecular weight excluding hydrogens is 835 g/mol. The van der Waals surface area contributed by atoms with Gasteiger partial charge in [0.2, 0.25) is 0 Å². The number of hydrogen-bond acceptors (Lipinski definition) is 6. The van der Waals surface area contributed by atoms with Gasteiger partial charge in [-0.2, -0.15) is 0 Å². The Morgan fingerprint density at radius 3 is 1.23 bits per heavy atom. The monoisotopic (exact) mass is 888 g/mol. The number of rotatable bonds is 14. The quantitative estimate of drug-likeness (QED) is 0.0648. The average molecular weight is 890 g/mol. The molecule has 314 valence electrons. The van der Waals surface area contributed by atoms with Crippen LogP contribution in [0, 0.1) is 13.8 Å². The van der Waals surface area contributed by atoms with Gasteiger partial charge in [-0.05, 0) is 72.5 Å². The number of aliphatic imine (C=N–C) groups is 2. The number of para-hydroxylation sites is 4. The Morgan fingerprint density at radius 2 is 0.885 bits per heavy atom. The van der Waals surface area contributed by atoms with Crippen LogP contribution in [0.15, 0.2) is 169 Å². The zero-order valence-corrected chi connectivity index (χ0v) is 38.8. The van der Waals surface area contributed by atoms with Crippen LogP contribution in [-0.2, 0) is 27.9 Å². The molecule has 2 N–H and O–H groups in total. The van der Waals surface area contributed by atoms with Crippen LogP contribution in [0.2, 0.25) is 0 Å².